The summed E-state index contributed by atoms with van der Waals surface area (Å²) >= 11 is 5.86. The average molecular weight is 411 g/mol. The van der Waals surface area contributed by atoms with Crippen molar-refractivity contribution in [3.8, 4) is 0 Å². The fraction of sp³-hybridized carbons (Fsp3) is 0.316. The molecule has 1 heterocycles. The highest BCUT2D eigenvalue weighted by atomic mass is 35.5. The fourth-order valence-electron chi connectivity index (χ4n) is 2.56. The number of hydrogen-bond donors (Lipinski definition) is 2. The minimum atomic E-state index is -1.16. The number of rotatable bonds is 6. The highest BCUT2D eigenvalue weighted by Gasteiger charge is 2.26. The maximum atomic E-state index is 13.1. The maximum absolute atomic E-state index is 13.1. The Labute approximate surface area is 166 Å². The van der Waals surface area contributed by atoms with E-state index in [-0.39, 0.29) is 28.6 Å². The molecule has 0 aliphatic heterocycles. The van der Waals surface area contributed by atoms with E-state index < -0.39 is 29.8 Å². The lowest BCUT2D eigenvalue weighted by molar-refractivity contribution is -0.123. The zero-order chi connectivity index (χ0) is 21.0. The van der Waals surface area contributed by atoms with Crippen molar-refractivity contribution in [2.24, 2.45) is 0 Å². The average Bonchev–Trinajstić information content (AvgIpc) is 2.92. The van der Waals surface area contributed by atoms with Gasteiger partial charge in [0.15, 0.2) is 6.10 Å². The summed E-state index contributed by atoms with van der Waals surface area (Å²) in [4.78, 5) is 39.5. The van der Waals surface area contributed by atoms with Gasteiger partial charge in [-0.05, 0) is 51.5 Å². The molecule has 1 atom stereocenters. The molecule has 0 aliphatic rings. The van der Waals surface area contributed by atoms with Crippen LogP contribution in [0.15, 0.2) is 18.2 Å². The molecule has 150 valence electrons. The molecule has 0 saturated heterocycles. The number of amides is 1. The van der Waals surface area contributed by atoms with Gasteiger partial charge < -0.3 is 19.8 Å². The molecular formula is C19H20ClFN2O5. The van der Waals surface area contributed by atoms with Gasteiger partial charge >= 0.3 is 11.9 Å². The quantitative estimate of drug-likeness (QED) is 0.706. The summed E-state index contributed by atoms with van der Waals surface area (Å²) in [6.07, 6.45) is -1.16. The van der Waals surface area contributed by atoms with Crippen molar-refractivity contribution in [1.29, 1.82) is 0 Å². The number of benzene rings is 1. The third kappa shape index (κ3) is 4.69. The minimum absolute atomic E-state index is 0.0155. The van der Waals surface area contributed by atoms with E-state index in [9.17, 15) is 18.8 Å². The van der Waals surface area contributed by atoms with Gasteiger partial charge in [-0.2, -0.15) is 0 Å². The third-order valence-corrected chi connectivity index (χ3v) is 4.28. The maximum Gasteiger partial charge on any atom is 0.355 e. The summed E-state index contributed by atoms with van der Waals surface area (Å²) < 4.78 is 23.2. The number of hydrogen-bond acceptors (Lipinski definition) is 5. The first-order valence-electron chi connectivity index (χ1n) is 8.48. The molecule has 0 radical (unpaired) electrons. The lowest BCUT2D eigenvalue weighted by Crippen LogP contribution is -2.30. The Bertz CT molecular complexity index is 925. The fourth-order valence-corrected chi connectivity index (χ4v) is 2.78. The second-order valence-corrected chi connectivity index (χ2v) is 6.41. The van der Waals surface area contributed by atoms with Gasteiger partial charge in [-0.25, -0.2) is 14.0 Å². The summed E-state index contributed by atoms with van der Waals surface area (Å²) in [5.41, 5.74) is 1.32. The molecule has 0 spiro atoms. The van der Waals surface area contributed by atoms with Crippen LogP contribution in [-0.2, 0) is 14.3 Å². The first-order valence-corrected chi connectivity index (χ1v) is 8.86. The van der Waals surface area contributed by atoms with Gasteiger partial charge in [0.05, 0.1) is 22.9 Å². The Morgan fingerprint density at radius 2 is 1.93 bits per heavy atom. The highest BCUT2D eigenvalue weighted by molar-refractivity contribution is 6.33. The third-order valence-electron chi connectivity index (χ3n) is 3.96. The highest BCUT2D eigenvalue weighted by Crippen LogP contribution is 2.23. The number of nitrogens with one attached hydrogen (secondary N) is 2. The van der Waals surface area contributed by atoms with Crippen molar-refractivity contribution in [2.45, 2.75) is 33.8 Å². The molecule has 0 unspecified atom stereocenters. The van der Waals surface area contributed by atoms with E-state index in [1.165, 1.54) is 13.0 Å². The first-order chi connectivity index (χ1) is 13.1. The molecule has 1 aromatic carbocycles. The monoisotopic (exact) mass is 410 g/mol. The molecule has 1 amide bonds. The second-order valence-electron chi connectivity index (χ2n) is 6.01. The van der Waals surface area contributed by atoms with E-state index in [0.717, 1.165) is 12.1 Å². The van der Waals surface area contributed by atoms with Crippen LogP contribution in [0.1, 0.15) is 46.0 Å². The van der Waals surface area contributed by atoms with E-state index >= 15 is 0 Å². The Morgan fingerprint density at radius 1 is 1.25 bits per heavy atom. The van der Waals surface area contributed by atoms with E-state index in [1.54, 1.807) is 20.8 Å². The molecule has 28 heavy (non-hydrogen) atoms. The summed E-state index contributed by atoms with van der Waals surface area (Å²) in [5.74, 6) is -2.54. The predicted octanol–water partition coefficient (Wildman–Crippen LogP) is 3.78. The Hall–Kier alpha value is -2.87. The Kier molecular flexibility index (Phi) is 6.80. The molecule has 2 N–H and O–H groups in total. The standard InChI is InChI=1S/C19H20ClFN2O5/c1-5-27-18(25)15-9(2)16(22-10(15)3)19(26)28-11(4)17(24)23-14-7-6-12(21)8-13(14)20/h6-8,11,22H,5H2,1-4H3,(H,23,24)/t11-/m0/s1. The zero-order valence-corrected chi connectivity index (χ0v) is 16.6. The topological polar surface area (TPSA) is 97.5 Å². The first kappa shape index (κ1) is 21.4. The minimum Gasteiger partial charge on any atom is -0.462 e. The van der Waals surface area contributed by atoms with Crippen molar-refractivity contribution >= 4 is 35.1 Å². The molecule has 7 nitrogen and oxygen atoms in total. The van der Waals surface area contributed by atoms with Crippen molar-refractivity contribution < 1.29 is 28.2 Å². The molecule has 0 aliphatic carbocycles. The number of aromatic amines is 1. The molecule has 0 bridgehead atoms. The number of H-pyrrole nitrogens is 1. The van der Waals surface area contributed by atoms with Crippen molar-refractivity contribution in [3.63, 3.8) is 0 Å². The van der Waals surface area contributed by atoms with Crippen LogP contribution in [-0.4, -0.2) is 35.5 Å². The molecular weight excluding hydrogens is 391 g/mol. The Morgan fingerprint density at radius 3 is 2.54 bits per heavy atom. The van der Waals surface area contributed by atoms with Crippen molar-refractivity contribution in [2.75, 3.05) is 11.9 Å². The molecule has 0 saturated carbocycles. The number of halogens is 2. The van der Waals surface area contributed by atoms with Crippen LogP contribution in [0.3, 0.4) is 0 Å². The number of esters is 2. The number of aromatic nitrogens is 1. The summed E-state index contributed by atoms with van der Waals surface area (Å²) in [7, 11) is 0. The van der Waals surface area contributed by atoms with Crippen LogP contribution in [0.25, 0.3) is 0 Å². The van der Waals surface area contributed by atoms with Crippen LogP contribution in [0.2, 0.25) is 5.02 Å². The molecule has 2 rings (SSSR count). The van der Waals surface area contributed by atoms with Crippen molar-refractivity contribution in [1.82, 2.24) is 4.98 Å². The number of aryl methyl sites for hydroxylation is 1. The smallest absolute Gasteiger partial charge is 0.355 e. The van der Waals surface area contributed by atoms with E-state index in [2.05, 4.69) is 10.3 Å². The molecule has 2 aromatic rings. The predicted molar refractivity (Wildman–Crippen MR) is 101 cm³/mol. The number of carbonyl (C=O) groups excluding carboxylic acids is 3. The van der Waals surface area contributed by atoms with Gasteiger partial charge in [0, 0.05) is 5.69 Å². The lowest BCUT2D eigenvalue weighted by atomic mass is 10.1. The van der Waals surface area contributed by atoms with Crippen LogP contribution >= 0.6 is 11.6 Å². The molecule has 1 aromatic heterocycles. The summed E-state index contributed by atoms with van der Waals surface area (Å²) in [6, 6.07) is 3.49. The van der Waals surface area contributed by atoms with Crippen LogP contribution in [0.4, 0.5) is 10.1 Å². The number of ether oxygens (including phenoxy) is 2. The van der Waals surface area contributed by atoms with Crippen LogP contribution < -0.4 is 5.32 Å². The normalized spacial score (nSPS) is 11.6. The lowest BCUT2D eigenvalue weighted by Gasteiger charge is -2.14. The second kappa shape index (κ2) is 8.88. The molecule has 0 fully saturated rings. The van der Waals surface area contributed by atoms with Gasteiger partial charge in [-0.3, -0.25) is 4.79 Å². The number of anilines is 1. The van der Waals surface area contributed by atoms with Gasteiger partial charge in [-0.1, -0.05) is 11.6 Å². The van der Waals surface area contributed by atoms with Gasteiger partial charge in [0.1, 0.15) is 11.5 Å². The van der Waals surface area contributed by atoms with Gasteiger partial charge in [0.25, 0.3) is 5.91 Å². The van der Waals surface area contributed by atoms with Gasteiger partial charge in [0.2, 0.25) is 0 Å². The SMILES string of the molecule is CCOC(=O)c1c(C)[nH]c(C(=O)O[C@@H](C)C(=O)Nc2ccc(F)cc2Cl)c1C. The van der Waals surface area contributed by atoms with E-state index in [4.69, 9.17) is 21.1 Å². The van der Waals surface area contributed by atoms with Crippen LogP contribution in [0.5, 0.6) is 0 Å². The van der Waals surface area contributed by atoms with E-state index in [0.29, 0.717) is 11.3 Å². The van der Waals surface area contributed by atoms with Gasteiger partial charge in [-0.15, -0.1) is 0 Å². The van der Waals surface area contributed by atoms with Crippen molar-refractivity contribution in [3.05, 3.63) is 51.6 Å². The zero-order valence-electron chi connectivity index (χ0n) is 15.8. The summed E-state index contributed by atoms with van der Waals surface area (Å²) in [6.45, 7) is 6.46. The molecule has 9 heteroatoms. The largest absolute Gasteiger partial charge is 0.462 e. The van der Waals surface area contributed by atoms with Crippen LogP contribution in [0, 0.1) is 19.7 Å². The van der Waals surface area contributed by atoms with E-state index in [1.807, 2.05) is 0 Å². The summed E-state index contributed by atoms with van der Waals surface area (Å²) in [5, 5.41) is 2.48. The Balaban J connectivity index is 2.10. The number of carbonyl (C=O) groups is 3.